The Labute approximate surface area is 66.8 Å². The molecule has 0 fully saturated rings. The average Bonchev–Trinajstić information content (AvgIpc) is 1.89. The molecule has 1 atom stereocenters. The van der Waals surface area contributed by atoms with Gasteiger partial charge in [-0.3, -0.25) is 0 Å². The van der Waals surface area contributed by atoms with Gasteiger partial charge in [-0.15, -0.1) is 0 Å². The van der Waals surface area contributed by atoms with Crippen LogP contribution in [0.2, 0.25) is 0 Å². The summed E-state index contributed by atoms with van der Waals surface area (Å²) in [5, 5.41) is 8.51. The third kappa shape index (κ3) is 4.66. The predicted molar refractivity (Wildman–Crippen MR) is 45.8 cm³/mol. The molecule has 0 bridgehead atoms. The molecule has 0 radical (unpaired) electrons. The molecule has 3 heteroatoms. The van der Waals surface area contributed by atoms with Gasteiger partial charge in [0.05, 0.1) is 6.07 Å². The Morgan fingerprint density at radius 2 is 2.30 bits per heavy atom. The molecule has 1 unspecified atom stereocenters. The number of nitrogens with two attached hydrogens (primary N) is 1. The highest BCUT2D eigenvalue weighted by Gasteiger charge is 2.15. The van der Waals surface area contributed by atoms with Gasteiger partial charge in [0.2, 0.25) is 0 Å². The Morgan fingerprint density at radius 3 is 2.70 bits per heavy atom. The molecule has 0 rings (SSSR count). The van der Waals surface area contributed by atoms with E-state index >= 15 is 0 Å². The molecule has 10 heavy (non-hydrogen) atoms. The lowest BCUT2D eigenvalue weighted by Gasteiger charge is -2.13. The van der Waals surface area contributed by atoms with Gasteiger partial charge < -0.3 is 5.73 Å². The van der Waals surface area contributed by atoms with Crippen LogP contribution in [0.5, 0.6) is 0 Å². The molecule has 0 saturated heterocycles. The topological polar surface area (TPSA) is 49.8 Å². The van der Waals surface area contributed by atoms with E-state index in [1.54, 1.807) is 18.7 Å². The van der Waals surface area contributed by atoms with Crippen molar-refractivity contribution in [3.05, 3.63) is 0 Å². The zero-order valence-corrected chi connectivity index (χ0v) is 7.37. The molecule has 0 aliphatic heterocycles. The van der Waals surface area contributed by atoms with Crippen molar-refractivity contribution in [3.8, 4) is 6.07 Å². The highest BCUT2D eigenvalue weighted by Crippen LogP contribution is 2.09. The highest BCUT2D eigenvalue weighted by atomic mass is 32.2. The van der Waals surface area contributed by atoms with Crippen molar-refractivity contribution in [2.75, 3.05) is 12.0 Å². The lowest BCUT2D eigenvalue weighted by Crippen LogP contribution is -2.33. The number of nitrogens with zero attached hydrogens (tertiary/aromatic N) is 1. The smallest absolute Gasteiger partial charge is 0.101 e. The van der Waals surface area contributed by atoms with Crippen LogP contribution in [0.1, 0.15) is 19.8 Å². The maximum atomic E-state index is 8.51. The maximum Gasteiger partial charge on any atom is 0.101 e. The fraction of sp³-hybridized carbons (Fsp3) is 0.857. The Kier molecular flexibility index (Phi) is 4.50. The normalized spacial score (nSPS) is 15.8. The van der Waals surface area contributed by atoms with Crippen molar-refractivity contribution >= 4 is 11.8 Å². The van der Waals surface area contributed by atoms with E-state index in [-0.39, 0.29) is 0 Å². The van der Waals surface area contributed by atoms with Crippen LogP contribution in [-0.4, -0.2) is 17.5 Å². The van der Waals surface area contributed by atoms with Gasteiger partial charge in [-0.05, 0) is 31.8 Å². The Hall–Kier alpha value is -0.200. The Morgan fingerprint density at radius 1 is 1.70 bits per heavy atom. The number of hydrogen-bond donors (Lipinski definition) is 1. The van der Waals surface area contributed by atoms with Crippen LogP contribution in [0, 0.1) is 11.3 Å². The van der Waals surface area contributed by atoms with E-state index in [9.17, 15) is 0 Å². The minimum absolute atomic E-state index is 0.615. The molecule has 0 saturated carbocycles. The second kappa shape index (κ2) is 4.59. The summed E-state index contributed by atoms with van der Waals surface area (Å²) in [5.74, 6) is 1.09. The third-order valence-electron chi connectivity index (χ3n) is 1.30. The fourth-order valence-electron chi connectivity index (χ4n) is 0.640. The van der Waals surface area contributed by atoms with E-state index < -0.39 is 5.54 Å². The van der Waals surface area contributed by atoms with Gasteiger partial charge in [-0.25, -0.2) is 0 Å². The molecule has 0 aromatic rings. The minimum atomic E-state index is -0.615. The lowest BCUT2D eigenvalue weighted by molar-refractivity contribution is 0.540. The second-order valence-corrected chi connectivity index (χ2v) is 3.61. The number of thioether (sulfide) groups is 1. The minimum Gasteiger partial charge on any atom is -0.314 e. The first kappa shape index (κ1) is 9.80. The van der Waals surface area contributed by atoms with E-state index in [1.165, 1.54) is 0 Å². The standard InChI is InChI=1S/C7H14N2S/c1-7(9,6-8)4-3-5-10-2/h3-5,9H2,1-2H3. The monoisotopic (exact) mass is 158 g/mol. The van der Waals surface area contributed by atoms with Gasteiger partial charge in [-0.1, -0.05) is 0 Å². The average molecular weight is 158 g/mol. The van der Waals surface area contributed by atoms with Gasteiger partial charge >= 0.3 is 0 Å². The van der Waals surface area contributed by atoms with Crippen LogP contribution in [0.3, 0.4) is 0 Å². The SMILES string of the molecule is CSCCCC(C)(N)C#N. The van der Waals surface area contributed by atoms with E-state index in [2.05, 4.69) is 12.3 Å². The molecule has 0 heterocycles. The van der Waals surface area contributed by atoms with Crippen molar-refractivity contribution in [1.29, 1.82) is 5.26 Å². The van der Waals surface area contributed by atoms with Crippen LogP contribution in [0.15, 0.2) is 0 Å². The summed E-state index contributed by atoms with van der Waals surface area (Å²) >= 11 is 1.79. The molecule has 0 aliphatic rings. The van der Waals surface area contributed by atoms with Gasteiger partial charge in [0, 0.05) is 0 Å². The predicted octanol–water partition coefficient (Wildman–Crippen LogP) is 1.37. The lowest BCUT2D eigenvalue weighted by atomic mass is 10.0. The molecule has 0 aromatic carbocycles. The first-order valence-electron chi connectivity index (χ1n) is 3.31. The summed E-state index contributed by atoms with van der Waals surface area (Å²) in [7, 11) is 0. The molecule has 2 nitrogen and oxygen atoms in total. The van der Waals surface area contributed by atoms with Crippen LogP contribution >= 0.6 is 11.8 Å². The van der Waals surface area contributed by atoms with E-state index in [0.717, 1.165) is 18.6 Å². The highest BCUT2D eigenvalue weighted by molar-refractivity contribution is 7.98. The van der Waals surface area contributed by atoms with Gasteiger partial charge in [0.1, 0.15) is 5.54 Å². The van der Waals surface area contributed by atoms with Crippen molar-refractivity contribution in [2.24, 2.45) is 5.73 Å². The zero-order chi connectivity index (χ0) is 8.04. The van der Waals surface area contributed by atoms with Crippen LogP contribution in [0.4, 0.5) is 0 Å². The van der Waals surface area contributed by atoms with Crippen molar-refractivity contribution in [1.82, 2.24) is 0 Å². The Bertz CT molecular complexity index is 126. The Balaban J connectivity index is 3.40. The first-order valence-corrected chi connectivity index (χ1v) is 4.71. The quantitative estimate of drug-likeness (QED) is 0.629. The number of hydrogen-bond acceptors (Lipinski definition) is 3. The summed E-state index contributed by atoms with van der Waals surface area (Å²) in [6.07, 6.45) is 3.88. The molecule has 0 aliphatic carbocycles. The second-order valence-electron chi connectivity index (χ2n) is 2.63. The van der Waals surface area contributed by atoms with Crippen molar-refractivity contribution in [3.63, 3.8) is 0 Å². The molecule has 0 amide bonds. The van der Waals surface area contributed by atoms with Crippen LogP contribution < -0.4 is 5.73 Å². The maximum absolute atomic E-state index is 8.51. The molecule has 58 valence electrons. The zero-order valence-electron chi connectivity index (χ0n) is 6.55. The molecular formula is C7H14N2S. The van der Waals surface area contributed by atoms with E-state index in [1.807, 2.05) is 0 Å². The summed E-state index contributed by atoms with van der Waals surface area (Å²) in [6.45, 7) is 1.77. The molecular weight excluding hydrogens is 144 g/mol. The molecule has 2 N–H and O–H groups in total. The van der Waals surface area contributed by atoms with E-state index in [0.29, 0.717) is 0 Å². The van der Waals surface area contributed by atoms with E-state index in [4.69, 9.17) is 11.0 Å². The van der Waals surface area contributed by atoms with Gasteiger partial charge in [0.15, 0.2) is 0 Å². The summed E-state index contributed by atoms with van der Waals surface area (Å²) < 4.78 is 0. The van der Waals surface area contributed by atoms with Crippen molar-refractivity contribution in [2.45, 2.75) is 25.3 Å². The molecule has 0 aromatic heterocycles. The van der Waals surface area contributed by atoms with Crippen molar-refractivity contribution < 1.29 is 0 Å². The fourth-order valence-corrected chi connectivity index (χ4v) is 1.07. The molecule has 0 spiro atoms. The first-order chi connectivity index (χ1) is 4.62. The number of rotatable bonds is 4. The summed E-state index contributed by atoms with van der Waals surface area (Å²) in [5.41, 5.74) is 4.97. The summed E-state index contributed by atoms with van der Waals surface area (Å²) in [4.78, 5) is 0. The van der Waals surface area contributed by atoms with Crippen LogP contribution in [-0.2, 0) is 0 Å². The van der Waals surface area contributed by atoms with Gasteiger partial charge in [0.25, 0.3) is 0 Å². The van der Waals surface area contributed by atoms with Gasteiger partial charge in [-0.2, -0.15) is 17.0 Å². The number of nitriles is 1. The largest absolute Gasteiger partial charge is 0.314 e. The van der Waals surface area contributed by atoms with Crippen LogP contribution in [0.25, 0.3) is 0 Å². The summed E-state index contributed by atoms with van der Waals surface area (Å²) in [6, 6.07) is 2.07. The third-order valence-corrected chi connectivity index (χ3v) is 2.00.